The lowest BCUT2D eigenvalue weighted by Crippen LogP contribution is -2.19. The van der Waals surface area contributed by atoms with E-state index in [9.17, 15) is 0 Å². The average molecular weight is 279 g/mol. The quantitative estimate of drug-likeness (QED) is 0.817. The van der Waals surface area contributed by atoms with Crippen LogP contribution in [0.25, 0.3) is 0 Å². The van der Waals surface area contributed by atoms with Gasteiger partial charge in [-0.3, -0.25) is 0 Å². The fourth-order valence-corrected chi connectivity index (χ4v) is 2.02. The van der Waals surface area contributed by atoms with Crippen LogP contribution in [0.1, 0.15) is 72.0 Å². The van der Waals surface area contributed by atoms with Crippen LogP contribution in [0, 0.1) is 0 Å². The summed E-state index contributed by atoms with van der Waals surface area (Å²) < 4.78 is 5.82. The average Bonchev–Trinajstić information content (AvgIpc) is 2.37. The number of hydrogen-bond acceptors (Lipinski definition) is 4. The molecule has 0 aromatic carbocycles. The molecule has 4 heteroatoms. The second-order valence-corrected chi connectivity index (χ2v) is 6.01. The molecule has 0 aliphatic carbocycles. The highest BCUT2D eigenvalue weighted by Crippen LogP contribution is 2.26. The van der Waals surface area contributed by atoms with Crippen molar-refractivity contribution in [2.45, 2.75) is 65.9 Å². The Hall–Kier alpha value is -1.16. The molecular weight excluding hydrogens is 250 g/mol. The minimum absolute atomic E-state index is 0.00480. The van der Waals surface area contributed by atoms with Crippen LogP contribution in [0.5, 0.6) is 0 Å². The van der Waals surface area contributed by atoms with Gasteiger partial charge in [-0.1, -0.05) is 34.1 Å². The predicted octanol–water partition coefficient (Wildman–Crippen LogP) is 4.08. The molecule has 20 heavy (non-hydrogen) atoms. The number of nitrogens with one attached hydrogen (secondary N) is 1. The molecule has 0 saturated heterocycles. The molecule has 114 valence electrons. The lowest BCUT2D eigenvalue weighted by molar-refractivity contribution is 0.0492. The van der Waals surface area contributed by atoms with Crippen molar-refractivity contribution in [1.82, 2.24) is 9.97 Å². The highest BCUT2D eigenvalue weighted by molar-refractivity contribution is 5.38. The van der Waals surface area contributed by atoms with Crippen molar-refractivity contribution in [1.29, 1.82) is 0 Å². The molecule has 0 spiro atoms. The zero-order valence-electron chi connectivity index (χ0n) is 13.8. The lowest BCUT2D eigenvalue weighted by atomic mass is 9.91. The summed E-state index contributed by atoms with van der Waals surface area (Å²) in [5, 5.41) is 3.29. The van der Waals surface area contributed by atoms with Gasteiger partial charge in [0, 0.05) is 24.6 Å². The number of nitrogens with zero attached hydrogens (tertiary/aromatic N) is 2. The fraction of sp³-hybridized carbons (Fsp3) is 0.750. The van der Waals surface area contributed by atoms with Crippen LogP contribution in [-0.2, 0) is 10.2 Å². The van der Waals surface area contributed by atoms with E-state index >= 15 is 0 Å². The van der Waals surface area contributed by atoms with E-state index in [2.05, 4.69) is 44.9 Å². The van der Waals surface area contributed by atoms with Gasteiger partial charge >= 0.3 is 0 Å². The van der Waals surface area contributed by atoms with E-state index in [0.29, 0.717) is 6.61 Å². The molecule has 0 radical (unpaired) electrons. The Kier molecular flexibility index (Phi) is 6.40. The molecule has 0 amide bonds. The molecule has 1 aromatic heterocycles. The third kappa shape index (κ3) is 4.75. The summed E-state index contributed by atoms with van der Waals surface area (Å²) in [7, 11) is 0. The third-order valence-corrected chi connectivity index (χ3v) is 3.08. The first-order valence-electron chi connectivity index (χ1n) is 7.67. The van der Waals surface area contributed by atoms with Crippen molar-refractivity contribution in [2.75, 3.05) is 18.5 Å². The van der Waals surface area contributed by atoms with Crippen molar-refractivity contribution in [3.63, 3.8) is 0 Å². The maximum Gasteiger partial charge on any atom is 0.159 e. The highest BCUT2D eigenvalue weighted by atomic mass is 16.5. The van der Waals surface area contributed by atoms with E-state index in [1.54, 1.807) is 0 Å². The van der Waals surface area contributed by atoms with Crippen molar-refractivity contribution < 1.29 is 4.74 Å². The van der Waals surface area contributed by atoms with Gasteiger partial charge in [0.1, 0.15) is 11.9 Å². The Balaban J connectivity index is 3.18. The van der Waals surface area contributed by atoms with Crippen molar-refractivity contribution >= 4 is 5.82 Å². The molecule has 1 heterocycles. The zero-order chi connectivity index (χ0) is 15.2. The molecular formula is C16H29N3O. The van der Waals surface area contributed by atoms with E-state index in [-0.39, 0.29) is 11.5 Å². The Bertz CT molecular complexity index is 407. The molecule has 0 fully saturated rings. The van der Waals surface area contributed by atoms with Gasteiger partial charge in [-0.05, 0) is 20.3 Å². The summed E-state index contributed by atoms with van der Waals surface area (Å²) in [6.45, 7) is 14.3. The van der Waals surface area contributed by atoms with Crippen LogP contribution in [0.4, 0.5) is 5.82 Å². The van der Waals surface area contributed by atoms with Crippen LogP contribution in [0.3, 0.4) is 0 Å². The molecule has 1 aromatic rings. The molecule has 1 rings (SSSR count). The van der Waals surface area contributed by atoms with Gasteiger partial charge in [-0.25, -0.2) is 9.97 Å². The maximum absolute atomic E-state index is 5.82. The van der Waals surface area contributed by atoms with Crippen LogP contribution in [-0.4, -0.2) is 23.1 Å². The highest BCUT2D eigenvalue weighted by Gasteiger charge is 2.21. The van der Waals surface area contributed by atoms with Crippen LogP contribution in [0.2, 0.25) is 0 Å². The zero-order valence-corrected chi connectivity index (χ0v) is 13.8. The topological polar surface area (TPSA) is 47.0 Å². The first-order valence-corrected chi connectivity index (χ1v) is 7.67. The summed E-state index contributed by atoms with van der Waals surface area (Å²) in [6.07, 6.45) is 2.00. The number of rotatable bonds is 7. The number of ether oxygens (including phenoxy) is 1. The monoisotopic (exact) mass is 279 g/mol. The van der Waals surface area contributed by atoms with Gasteiger partial charge in [0.25, 0.3) is 0 Å². The Morgan fingerprint density at radius 1 is 1.20 bits per heavy atom. The summed E-state index contributed by atoms with van der Waals surface area (Å²) in [6, 6.07) is 2.04. The van der Waals surface area contributed by atoms with E-state index < -0.39 is 0 Å². The van der Waals surface area contributed by atoms with Gasteiger partial charge in [0.15, 0.2) is 5.82 Å². The number of aromatic nitrogens is 2. The first kappa shape index (κ1) is 16.9. The van der Waals surface area contributed by atoms with Gasteiger partial charge in [-0.2, -0.15) is 0 Å². The Morgan fingerprint density at radius 2 is 1.90 bits per heavy atom. The van der Waals surface area contributed by atoms with Gasteiger partial charge in [0.05, 0.1) is 5.69 Å². The SMILES string of the molecule is CCCC(OCC)c1nc(NCC)cc(C(C)(C)C)n1. The summed E-state index contributed by atoms with van der Waals surface area (Å²) in [4.78, 5) is 9.38. The van der Waals surface area contributed by atoms with Crippen LogP contribution >= 0.6 is 0 Å². The van der Waals surface area contributed by atoms with Gasteiger partial charge in [-0.15, -0.1) is 0 Å². The van der Waals surface area contributed by atoms with Crippen LogP contribution < -0.4 is 5.32 Å². The van der Waals surface area contributed by atoms with E-state index in [0.717, 1.165) is 36.7 Å². The molecule has 1 atom stereocenters. The lowest BCUT2D eigenvalue weighted by Gasteiger charge is -2.22. The predicted molar refractivity (Wildman–Crippen MR) is 84.2 cm³/mol. The minimum atomic E-state index is -0.00953. The summed E-state index contributed by atoms with van der Waals surface area (Å²) in [5.74, 6) is 1.69. The standard InChI is InChI=1S/C16H29N3O/c1-7-10-12(20-9-3)15-18-13(16(4,5)6)11-14(19-15)17-8-2/h11-12H,7-10H2,1-6H3,(H,17,18,19). The van der Waals surface area contributed by atoms with Gasteiger partial charge in [0.2, 0.25) is 0 Å². The van der Waals surface area contributed by atoms with Gasteiger partial charge < -0.3 is 10.1 Å². The number of hydrogen-bond donors (Lipinski definition) is 1. The second kappa shape index (κ2) is 7.58. The molecule has 0 saturated carbocycles. The molecule has 1 N–H and O–H groups in total. The summed E-state index contributed by atoms with van der Waals surface area (Å²) in [5.41, 5.74) is 1.06. The Morgan fingerprint density at radius 3 is 2.40 bits per heavy atom. The largest absolute Gasteiger partial charge is 0.371 e. The second-order valence-electron chi connectivity index (χ2n) is 6.01. The first-order chi connectivity index (χ1) is 9.42. The van der Waals surface area contributed by atoms with E-state index in [1.807, 2.05) is 13.0 Å². The van der Waals surface area contributed by atoms with Crippen molar-refractivity contribution in [3.05, 3.63) is 17.6 Å². The fourth-order valence-electron chi connectivity index (χ4n) is 2.02. The summed E-state index contributed by atoms with van der Waals surface area (Å²) >= 11 is 0. The normalized spacial score (nSPS) is 13.3. The maximum atomic E-state index is 5.82. The molecule has 0 aliphatic heterocycles. The van der Waals surface area contributed by atoms with E-state index in [4.69, 9.17) is 9.72 Å². The molecule has 0 aliphatic rings. The van der Waals surface area contributed by atoms with Crippen molar-refractivity contribution in [3.8, 4) is 0 Å². The molecule has 0 bridgehead atoms. The van der Waals surface area contributed by atoms with E-state index in [1.165, 1.54) is 0 Å². The third-order valence-electron chi connectivity index (χ3n) is 3.08. The smallest absolute Gasteiger partial charge is 0.159 e. The minimum Gasteiger partial charge on any atom is -0.371 e. The molecule has 4 nitrogen and oxygen atoms in total. The van der Waals surface area contributed by atoms with Crippen LogP contribution in [0.15, 0.2) is 6.07 Å². The molecule has 1 unspecified atom stereocenters. The number of anilines is 1. The van der Waals surface area contributed by atoms with Crippen molar-refractivity contribution in [2.24, 2.45) is 0 Å². The Labute approximate surface area is 123 Å².